The van der Waals surface area contributed by atoms with Gasteiger partial charge in [-0.25, -0.2) is 0 Å². The summed E-state index contributed by atoms with van der Waals surface area (Å²) in [5.41, 5.74) is 1.08. The molecule has 0 fully saturated rings. The lowest BCUT2D eigenvalue weighted by Gasteiger charge is -2.19. The van der Waals surface area contributed by atoms with Crippen molar-refractivity contribution in [2.75, 3.05) is 13.2 Å². The summed E-state index contributed by atoms with van der Waals surface area (Å²) in [6.45, 7) is 5.71. The molecule has 1 aliphatic heterocycles. The van der Waals surface area contributed by atoms with Crippen molar-refractivity contribution in [3.05, 3.63) is 22.2 Å². The van der Waals surface area contributed by atoms with Crippen LogP contribution >= 0.6 is 27.5 Å². The molecule has 18 heavy (non-hydrogen) atoms. The molecule has 1 heterocycles. The van der Waals surface area contributed by atoms with Crippen molar-refractivity contribution < 1.29 is 9.47 Å². The highest BCUT2D eigenvalue weighted by Crippen LogP contribution is 2.42. The van der Waals surface area contributed by atoms with E-state index in [-0.39, 0.29) is 5.38 Å². The maximum atomic E-state index is 6.52. The van der Waals surface area contributed by atoms with Crippen LogP contribution in [0, 0.1) is 5.92 Å². The van der Waals surface area contributed by atoms with Crippen LogP contribution in [0.2, 0.25) is 0 Å². The molecule has 0 aliphatic carbocycles. The minimum Gasteiger partial charge on any atom is -0.490 e. The zero-order valence-corrected chi connectivity index (χ0v) is 13.1. The van der Waals surface area contributed by atoms with Gasteiger partial charge in [-0.2, -0.15) is 0 Å². The SMILES string of the molecule is CCC(C)C(Cl)c1cc2c(cc1Br)OCCCO2. The van der Waals surface area contributed by atoms with E-state index in [4.69, 9.17) is 21.1 Å². The topological polar surface area (TPSA) is 18.5 Å². The molecule has 0 amide bonds. The Kier molecular flexibility index (Phi) is 4.79. The fourth-order valence-electron chi connectivity index (χ4n) is 1.92. The third-order valence-corrected chi connectivity index (χ3v) is 4.66. The van der Waals surface area contributed by atoms with Gasteiger partial charge in [-0.15, -0.1) is 11.6 Å². The number of benzene rings is 1. The highest BCUT2D eigenvalue weighted by atomic mass is 79.9. The standard InChI is InChI=1S/C14H18BrClO2/c1-3-9(2)14(16)10-7-12-13(8-11(10)15)18-6-4-5-17-12/h7-9,14H,3-6H2,1-2H3. The molecule has 1 aromatic rings. The van der Waals surface area contributed by atoms with Gasteiger partial charge in [0.1, 0.15) is 0 Å². The van der Waals surface area contributed by atoms with Crippen LogP contribution in [0.25, 0.3) is 0 Å². The van der Waals surface area contributed by atoms with Crippen LogP contribution in [0.4, 0.5) is 0 Å². The van der Waals surface area contributed by atoms with Gasteiger partial charge < -0.3 is 9.47 Å². The smallest absolute Gasteiger partial charge is 0.162 e. The second kappa shape index (κ2) is 6.16. The van der Waals surface area contributed by atoms with Crippen molar-refractivity contribution in [2.24, 2.45) is 5.92 Å². The van der Waals surface area contributed by atoms with Gasteiger partial charge in [0.05, 0.1) is 18.6 Å². The fourth-order valence-corrected chi connectivity index (χ4v) is 2.98. The lowest BCUT2D eigenvalue weighted by molar-refractivity contribution is 0.297. The minimum absolute atomic E-state index is 0.0125. The molecule has 2 unspecified atom stereocenters. The molecule has 4 heteroatoms. The Hall–Kier alpha value is -0.410. The molecule has 100 valence electrons. The summed E-state index contributed by atoms with van der Waals surface area (Å²) in [6, 6.07) is 3.97. The highest BCUT2D eigenvalue weighted by molar-refractivity contribution is 9.10. The zero-order valence-electron chi connectivity index (χ0n) is 10.7. The van der Waals surface area contributed by atoms with Crippen molar-refractivity contribution in [3.63, 3.8) is 0 Å². The molecule has 1 aromatic carbocycles. The molecule has 0 N–H and O–H groups in total. The van der Waals surface area contributed by atoms with Gasteiger partial charge in [-0.05, 0) is 23.6 Å². The van der Waals surface area contributed by atoms with E-state index in [1.807, 2.05) is 12.1 Å². The number of hydrogen-bond donors (Lipinski definition) is 0. The summed E-state index contributed by atoms with van der Waals surface area (Å²) >= 11 is 10.1. The molecule has 0 saturated carbocycles. The van der Waals surface area contributed by atoms with Crippen molar-refractivity contribution in [2.45, 2.75) is 32.1 Å². The summed E-state index contributed by atoms with van der Waals surface area (Å²) in [5.74, 6) is 2.03. The molecular weight excluding hydrogens is 316 g/mol. The predicted molar refractivity (Wildman–Crippen MR) is 77.8 cm³/mol. The quantitative estimate of drug-likeness (QED) is 0.730. The first-order valence-electron chi connectivity index (χ1n) is 6.36. The third-order valence-electron chi connectivity index (χ3n) is 3.31. The van der Waals surface area contributed by atoms with E-state index in [2.05, 4.69) is 29.8 Å². The lowest BCUT2D eigenvalue weighted by atomic mass is 9.98. The van der Waals surface area contributed by atoms with Gasteiger partial charge >= 0.3 is 0 Å². The summed E-state index contributed by atoms with van der Waals surface area (Å²) in [4.78, 5) is 0. The Labute approximate surface area is 122 Å². The average molecular weight is 334 g/mol. The van der Waals surface area contributed by atoms with E-state index in [9.17, 15) is 0 Å². The van der Waals surface area contributed by atoms with Crippen LogP contribution in [0.3, 0.4) is 0 Å². The van der Waals surface area contributed by atoms with Crippen LogP contribution in [0.15, 0.2) is 16.6 Å². The van der Waals surface area contributed by atoms with Crippen LogP contribution in [-0.4, -0.2) is 13.2 Å². The van der Waals surface area contributed by atoms with E-state index < -0.39 is 0 Å². The summed E-state index contributed by atoms with van der Waals surface area (Å²) < 4.78 is 12.3. The Morgan fingerprint density at radius 3 is 2.50 bits per heavy atom. The van der Waals surface area contributed by atoms with Crippen molar-refractivity contribution >= 4 is 27.5 Å². The van der Waals surface area contributed by atoms with Gasteiger partial charge in [0.25, 0.3) is 0 Å². The number of hydrogen-bond acceptors (Lipinski definition) is 2. The number of alkyl halides is 1. The minimum atomic E-state index is -0.0125. The number of ether oxygens (including phenoxy) is 2. The van der Waals surface area contributed by atoms with Crippen molar-refractivity contribution in [3.8, 4) is 11.5 Å². The van der Waals surface area contributed by atoms with Crippen molar-refractivity contribution in [1.82, 2.24) is 0 Å². The molecule has 0 aromatic heterocycles. The summed E-state index contributed by atoms with van der Waals surface area (Å²) in [6.07, 6.45) is 1.96. The average Bonchev–Trinajstić information content (AvgIpc) is 2.60. The lowest BCUT2D eigenvalue weighted by Crippen LogP contribution is -2.04. The molecule has 2 rings (SSSR count). The van der Waals surface area contributed by atoms with Gasteiger partial charge in [0.2, 0.25) is 0 Å². The molecule has 0 bridgehead atoms. The van der Waals surface area contributed by atoms with Crippen LogP contribution < -0.4 is 9.47 Å². The van der Waals surface area contributed by atoms with Gasteiger partial charge in [0.15, 0.2) is 11.5 Å². The third kappa shape index (κ3) is 2.94. The second-order valence-electron chi connectivity index (χ2n) is 4.66. The van der Waals surface area contributed by atoms with E-state index >= 15 is 0 Å². The Balaban J connectivity index is 2.34. The van der Waals surface area contributed by atoms with Gasteiger partial charge in [-0.3, -0.25) is 0 Å². The van der Waals surface area contributed by atoms with Gasteiger partial charge in [-0.1, -0.05) is 36.2 Å². The van der Waals surface area contributed by atoms with Gasteiger partial charge in [0, 0.05) is 10.9 Å². The molecular formula is C14H18BrClO2. The second-order valence-corrected chi connectivity index (χ2v) is 5.98. The van der Waals surface area contributed by atoms with Crippen LogP contribution in [0.1, 0.15) is 37.6 Å². The maximum absolute atomic E-state index is 6.52. The molecule has 0 saturated heterocycles. The molecule has 0 radical (unpaired) electrons. The van der Waals surface area contributed by atoms with Crippen molar-refractivity contribution in [1.29, 1.82) is 0 Å². The number of halogens is 2. The Bertz CT molecular complexity index is 423. The number of rotatable bonds is 3. The van der Waals surface area contributed by atoms with E-state index in [0.717, 1.165) is 34.4 Å². The Morgan fingerprint density at radius 1 is 1.28 bits per heavy atom. The monoisotopic (exact) mass is 332 g/mol. The molecule has 2 atom stereocenters. The normalized spacial score (nSPS) is 18.0. The van der Waals surface area contributed by atoms with E-state index in [1.54, 1.807) is 0 Å². The van der Waals surface area contributed by atoms with E-state index in [1.165, 1.54) is 0 Å². The molecule has 1 aliphatic rings. The first-order valence-corrected chi connectivity index (χ1v) is 7.59. The Morgan fingerprint density at radius 2 is 1.89 bits per heavy atom. The molecule has 2 nitrogen and oxygen atoms in total. The summed E-state index contributed by atoms with van der Waals surface area (Å²) in [5, 5.41) is -0.0125. The first kappa shape index (κ1) is 14.0. The van der Waals surface area contributed by atoms with Crippen LogP contribution in [-0.2, 0) is 0 Å². The number of fused-ring (bicyclic) bond motifs is 1. The first-order chi connectivity index (χ1) is 8.63. The largest absolute Gasteiger partial charge is 0.490 e. The fraction of sp³-hybridized carbons (Fsp3) is 0.571. The summed E-state index contributed by atoms with van der Waals surface area (Å²) in [7, 11) is 0. The highest BCUT2D eigenvalue weighted by Gasteiger charge is 2.21. The molecule has 0 spiro atoms. The maximum Gasteiger partial charge on any atom is 0.162 e. The van der Waals surface area contributed by atoms with Crippen LogP contribution in [0.5, 0.6) is 11.5 Å². The predicted octanol–water partition coefficient (Wildman–Crippen LogP) is 4.94. The van der Waals surface area contributed by atoms with E-state index in [0.29, 0.717) is 19.1 Å². The zero-order chi connectivity index (χ0) is 13.1.